The van der Waals surface area contributed by atoms with Crippen LogP contribution in [0.3, 0.4) is 0 Å². The number of hydrogen-bond acceptors (Lipinski definition) is 8. The second-order valence-corrected chi connectivity index (χ2v) is 7.77. The number of rotatable bonds is 0. The molecule has 0 aromatic heterocycles. The number of ether oxygens (including phenoxy) is 3. The van der Waals surface area contributed by atoms with Gasteiger partial charge in [-0.15, -0.1) is 0 Å². The fourth-order valence-electron chi connectivity index (χ4n) is 5.24. The van der Waals surface area contributed by atoms with Crippen molar-refractivity contribution in [2.24, 2.45) is 0 Å². The Morgan fingerprint density at radius 2 is 1.36 bits per heavy atom. The standard InChI is InChI=1S/C20H18O8/c21-12-7-8-13(22)19-18(12,28-19)16(24)15(23)17(25)20(19)26-10-5-1-3-9-4-2-6-11(27-20)14(9)10/h1-8,12-13,15-17,21-25H/t12-,13+,15-,16-,17+,18?,19-/m0/s1. The van der Waals surface area contributed by atoms with Crippen molar-refractivity contribution in [2.45, 2.75) is 47.5 Å². The van der Waals surface area contributed by atoms with E-state index >= 15 is 0 Å². The monoisotopic (exact) mass is 386 g/mol. The third-order valence-corrected chi connectivity index (χ3v) is 6.55. The average molecular weight is 386 g/mol. The highest BCUT2D eigenvalue weighted by molar-refractivity contribution is 5.94. The Kier molecular flexibility index (Phi) is 2.90. The zero-order valence-electron chi connectivity index (χ0n) is 14.5. The summed E-state index contributed by atoms with van der Waals surface area (Å²) < 4.78 is 18.0. The van der Waals surface area contributed by atoms with E-state index in [0.29, 0.717) is 16.9 Å². The van der Waals surface area contributed by atoms with Crippen LogP contribution in [0.15, 0.2) is 48.6 Å². The lowest BCUT2D eigenvalue weighted by Crippen LogP contribution is -2.80. The quantitative estimate of drug-likeness (QED) is 0.294. The summed E-state index contributed by atoms with van der Waals surface area (Å²) in [6, 6.07) is 10.7. The predicted molar refractivity (Wildman–Crippen MR) is 93.7 cm³/mol. The minimum absolute atomic E-state index is 0.372. The van der Waals surface area contributed by atoms with Gasteiger partial charge in [0.25, 0.3) is 0 Å². The number of benzene rings is 2. The normalized spacial score (nSPS) is 44.4. The van der Waals surface area contributed by atoms with Gasteiger partial charge in [-0.1, -0.05) is 36.4 Å². The Morgan fingerprint density at radius 3 is 2.00 bits per heavy atom. The molecular weight excluding hydrogens is 368 g/mol. The van der Waals surface area contributed by atoms with Crippen molar-refractivity contribution in [3.8, 4) is 11.5 Å². The van der Waals surface area contributed by atoms with E-state index in [2.05, 4.69) is 0 Å². The van der Waals surface area contributed by atoms with Crippen molar-refractivity contribution < 1.29 is 39.7 Å². The van der Waals surface area contributed by atoms with E-state index < -0.39 is 47.5 Å². The average Bonchev–Trinajstić information content (AvgIpc) is 3.44. The Hall–Kier alpha value is -2.20. The third kappa shape index (κ3) is 1.50. The van der Waals surface area contributed by atoms with E-state index in [-0.39, 0.29) is 0 Å². The molecule has 2 aromatic rings. The molecule has 5 N–H and O–H groups in total. The number of hydrogen-bond donors (Lipinski definition) is 5. The first kappa shape index (κ1) is 16.7. The van der Waals surface area contributed by atoms with Gasteiger partial charge in [-0.2, -0.15) is 0 Å². The van der Waals surface area contributed by atoms with Gasteiger partial charge in [-0.05, 0) is 17.5 Å². The van der Waals surface area contributed by atoms with Gasteiger partial charge >= 0.3 is 5.79 Å². The van der Waals surface area contributed by atoms with Gasteiger partial charge in [0.05, 0.1) is 5.39 Å². The van der Waals surface area contributed by atoms with E-state index in [1.54, 1.807) is 24.3 Å². The molecule has 1 spiro atoms. The van der Waals surface area contributed by atoms with Crippen LogP contribution in [0.1, 0.15) is 0 Å². The maximum absolute atomic E-state index is 11.0. The minimum atomic E-state index is -2.08. The number of aliphatic hydroxyl groups is 5. The van der Waals surface area contributed by atoms with Crippen molar-refractivity contribution >= 4 is 10.8 Å². The number of aliphatic hydroxyl groups excluding tert-OH is 5. The van der Waals surface area contributed by atoms with Crippen molar-refractivity contribution in [2.75, 3.05) is 0 Å². The maximum Gasteiger partial charge on any atom is 0.315 e. The Bertz CT molecular complexity index is 995. The lowest BCUT2D eigenvalue weighted by molar-refractivity contribution is -0.288. The van der Waals surface area contributed by atoms with Gasteiger partial charge < -0.3 is 39.7 Å². The van der Waals surface area contributed by atoms with Crippen molar-refractivity contribution in [1.29, 1.82) is 0 Å². The Labute approximate surface area is 158 Å². The molecule has 8 heteroatoms. The molecule has 1 unspecified atom stereocenters. The first-order valence-electron chi connectivity index (χ1n) is 9.08. The van der Waals surface area contributed by atoms with Crippen LogP contribution >= 0.6 is 0 Å². The largest absolute Gasteiger partial charge is 0.446 e. The molecule has 2 heterocycles. The smallest absolute Gasteiger partial charge is 0.315 e. The summed E-state index contributed by atoms with van der Waals surface area (Å²) in [6.07, 6.45) is -5.29. The first-order chi connectivity index (χ1) is 13.4. The van der Waals surface area contributed by atoms with Crippen molar-refractivity contribution in [1.82, 2.24) is 0 Å². The van der Waals surface area contributed by atoms with E-state index in [1.807, 2.05) is 12.1 Å². The predicted octanol–water partition coefficient (Wildman–Crippen LogP) is -0.797. The minimum Gasteiger partial charge on any atom is -0.446 e. The molecule has 1 saturated carbocycles. The molecule has 0 amide bonds. The van der Waals surface area contributed by atoms with Crippen LogP contribution in [0.4, 0.5) is 0 Å². The number of epoxide rings is 1. The highest BCUT2D eigenvalue weighted by Gasteiger charge is 2.95. The second-order valence-electron chi connectivity index (χ2n) is 7.77. The maximum atomic E-state index is 11.0. The van der Waals surface area contributed by atoms with Crippen LogP contribution < -0.4 is 9.47 Å². The van der Waals surface area contributed by atoms with E-state index in [1.165, 1.54) is 12.2 Å². The Balaban J connectivity index is 1.62. The van der Waals surface area contributed by atoms with E-state index in [4.69, 9.17) is 14.2 Å². The molecule has 4 aliphatic rings. The summed E-state index contributed by atoms with van der Waals surface area (Å²) in [5.41, 5.74) is -3.60. The third-order valence-electron chi connectivity index (χ3n) is 6.55. The fraction of sp³-hybridized carbons (Fsp3) is 0.400. The molecule has 8 nitrogen and oxygen atoms in total. The first-order valence-corrected chi connectivity index (χ1v) is 9.08. The zero-order chi connectivity index (χ0) is 19.5. The molecule has 1 saturated heterocycles. The highest BCUT2D eigenvalue weighted by atomic mass is 16.8. The van der Waals surface area contributed by atoms with E-state index in [0.717, 1.165) is 5.39 Å². The van der Waals surface area contributed by atoms with Gasteiger partial charge in [0.2, 0.25) is 5.60 Å². The zero-order valence-corrected chi connectivity index (χ0v) is 14.5. The van der Waals surface area contributed by atoms with E-state index in [9.17, 15) is 25.5 Å². The Morgan fingerprint density at radius 1 is 0.750 bits per heavy atom. The summed E-state index contributed by atoms with van der Waals surface area (Å²) in [7, 11) is 0. The SMILES string of the molecule is O[C@@H]1[C@@H](O)C2(Oc3cccc4cccc(c34)O2)[C@@]23OC2([C@@H](O)C=C[C@H]3O)[C@H]1O. The lowest BCUT2D eigenvalue weighted by Gasteiger charge is -2.52. The molecule has 0 radical (unpaired) electrons. The summed E-state index contributed by atoms with van der Waals surface area (Å²) in [6.45, 7) is 0. The summed E-state index contributed by atoms with van der Waals surface area (Å²) in [4.78, 5) is 0. The summed E-state index contributed by atoms with van der Waals surface area (Å²) >= 11 is 0. The molecule has 2 aromatic carbocycles. The second kappa shape index (κ2) is 4.85. The van der Waals surface area contributed by atoms with Crippen molar-refractivity contribution in [3.05, 3.63) is 48.6 Å². The van der Waals surface area contributed by atoms with Crippen LogP contribution in [0.25, 0.3) is 10.8 Å². The van der Waals surface area contributed by atoms with Crippen LogP contribution in [-0.2, 0) is 4.74 Å². The molecule has 6 rings (SSSR count). The van der Waals surface area contributed by atoms with Gasteiger partial charge in [0, 0.05) is 0 Å². The van der Waals surface area contributed by atoms with Gasteiger partial charge in [-0.3, -0.25) is 0 Å². The van der Waals surface area contributed by atoms with Gasteiger partial charge in [0.1, 0.15) is 35.9 Å². The van der Waals surface area contributed by atoms with Crippen molar-refractivity contribution in [3.63, 3.8) is 0 Å². The summed E-state index contributed by atoms with van der Waals surface area (Å²) in [5, 5.41) is 55.1. The molecular formula is C20H18O8. The highest BCUT2D eigenvalue weighted by Crippen LogP contribution is 2.68. The molecule has 2 fully saturated rings. The summed E-state index contributed by atoms with van der Waals surface area (Å²) in [5.74, 6) is -1.34. The molecule has 7 atom stereocenters. The van der Waals surface area contributed by atoms with Crippen LogP contribution in [-0.4, -0.2) is 73.0 Å². The molecule has 28 heavy (non-hydrogen) atoms. The van der Waals surface area contributed by atoms with Gasteiger partial charge in [0.15, 0.2) is 11.7 Å². The molecule has 2 aliphatic carbocycles. The molecule has 146 valence electrons. The topological polar surface area (TPSA) is 132 Å². The van der Waals surface area contributed by atoms with Crippen LogP contribution in [0, 0.1) is 0 Å². The lowest BCUT2D eigenvalue weighted by atomic mass is 9.63. The van der Waals surface area contributed by atoms with Crippen LogP contribution in [0.5, 0.6) is 11.5 Å². The molecule has 2 aliphatic heterocycles. The van der Waals surface area contributed by atoms with Gasteiger partial charge in [-0.25, -0.2) is 0 Å². The fourth-order valence-corrected chi connectivity index (χ4v) is 5.24. The molecule has 0 bridgehead atoms. The van der Waals surface area contributed by atoms with Crippen LogP contribution in [0.2, 0.25) is 0 Å².